The van der Waals surface area contributed by atoms with Crippen LogP contribution in [-0.4, -0.2) is 19.4 Å². The van der Waals surface area contributed by atoms with Crippen molar-refractivity contribution >= 4 is 759 Å². The molecule has 0 saturated carbocycles. The molecule has 3 aromatic rings. The molecule has 2 aromatic carbocycles. The average Bonchev–Trinajstić information content (AvgIpc) is 3.81. The molecular formula is C16H14BrI54N3O3. The van der Waals surface area contributed by atoms with Crippen molar-refractivity contribution in [1.82, 2.24) is 5.16 Å². The molecule has 0 aliphatic carbocycles. The van der Waals surface area contributed by atoms with E-state index in [4.69, 9.17) is 25.0 Å². The zero-order valence-corrected chi connectivity index (χ0v) is 151. The first kappa shape index (κ1) is 112. The maximum absolute atomic E-state index is 8.60. The van der Waals surface area contributed by atoms with Crippen LogP contribution in [0.4, 0.5) is 5.82 Å². The summed E-state index contributed by atoms with van der Waals surface area (Å²) in [6.07, 6.45) is 0. The van der Waals surface area contributed by atoms with E-state index in [0.717, 1.165) is 15.6 Å². The first-order valence-electron chi connectivity index (χ1n) is 14.1. The van der Waals surface area contributed by atoms with Crippen LogP contribution < -0.4 is 15.2 Å². The second kappa shape index (κ2) is 65.3. The minimum absolute atomic E-state index is 0.393. The number of fused-ring (bicyclic) bond motifs is 1. The molecule has 0 aliphatic rings. The number of aromatic nitrogens is 1. The summed E-state index contributed by atoms with van der Waals surface area (Å²) in [7, 11) is -11.0. The van der Waals surface area contributed by atoms with E-state index in [-0.39, 0.29) is 0 Å². The van der Waals surface area contributed by atoms with E-state index in [1.807, 2.05) is 6.07 Å². The van der Waals surface area contributed by atoms with Gasteiger partial charge in [0.2, 0.25) is 0 Å². The van der Waals surface area contributed by atoms with Gasteiger partial charge in [0.15, 0.2) is 11.4 Å². The Morgan fingerprint density at radius 1 is 0.403 bits per heavy atom. The Morgan fingerprint density at radius 2 is 0.636 bits per heavy atom. The number of anilines is 1. The van der Waals surface area contributed by atoms with Crippen LogP contribution in [0.15, 0.2) is 45.4 Å². The Labute approximate surface area is 823 Å². The first-order chi connectivity index (χ1) is 35.6. The molecule has 0 aliphatic heterocycles. The summed E-state index contributed by atoms with van der Waals surface area (Å²) >= 11 is 95.1. The fourth-order valence-corrected chi connectivity index (χ4v) is 10100. The Balaban J connectivity index is 0.00000103. The van der Waals surface area contributed by atoms with Gasteiger partial charge in [0, 0.05) is 4.47 Å². The first-order valence-corrected chi connectivity index (χ1v) is 348. The van der Waals surface area contributed by atoms with Crippen molar-refractivity contribution < 1.29 is 14.0 Å². The second-order valence-electron chi connectivity index (χ2n) is 8.60. The SMILES string of the molecule is COc1ccc(Br)c(C#N)c1.COc1ccc2onc(N)c2c1.II(I)I(I)I(I)I(I)I(I)I(I)I(I)I(I)I(I)I(I)I(I)I(I)I(I)I(I)I(I)I(I)I(I)I(I)I(I)I(I)I(I)I(I)I(I)I(I)I(I)I(I)I. The Bertz CT molecular complexity index is 2120. The predicted molar refractivity (Wildman–Crippen MR) is 847 cm³/mol. The third-order valence-electron chi connectivity index (χ3n) is 5.04. The molecule has 61 heteroatoms. The molecule has 0 radical (unpaired) electrons. The number of methoxy groups -OCH3 is 2. The van der Waals surface area contributed by atoms with Crippen LogP contribution in [-0.2, 0) is 0 Å². The molecular weight excluding hydrogens is 7210 g/mol. The van der Waals surface area contributed by atoms with Crippen LogP contribution in [0.5, 0.6) is 11.5 Å². The summed E-state index contributed by atoms with van der Waals surface area (Å²) in [6.45, 7) is 0. The van der Waals surface area contributed by atoms with Gasteiger partial charge >= 0.3 is 726 Å². The molecule has 0 saturated heterocycles. The number of ether oxygens (including phenoxy) is 2. The van der Waals surface area contributed by atoms with E-state index < -0.39 is 205 Å². The fraction of sp³-hybridized carbons (Fsp3) is 0.125. The van der Waals surface area contributed by atoms with E-state index in [1.165, 1.54) is 0 Å². The Morgan fingerprint density at radius 3 is 0.870 bits per heavy atom. The number of hydrogen-bond donors (Lipinski definition) is 1. The third kappa shape index (κ3) is 43.7. The number of hydrogen-bond acceptors (Lipinski definition) is 6. The zero-order valence-electron chi connectivity index (χ0n) is 32.9. The maximum atomic E-state index is 8.60. The summed E-state index contributed by atoms with van der Waals surface area (Å²) in [5, 5.41) is 13.0. The van der Waals surface area contributed by atoms with Crippen LogP contribution in [0.2, 0.25) is 0 Å². The van der Waals surface area contributed by atoms with Crippen molar-refractivity contribution in [2.45, 2.75) is 0 Å². The number of benzene rings is 2. The summed E-state index contributed by atoms with van der Waals surface area (Å²) in [6, 6.07) is 12.7. The molecule has 2 N–H and O–H groups in total. The molecule has 0 spiro atoms. The number of nitrogens with zero attached hydrogens (tertiary/aromatic N) is 2. The number of nitrogens with two attached hydrogens (primary N) is 1. The second-order valence-corrected chi connectivity index (χ2v) is 1280. The molecule has 1 aromatic heterocycles. The van der Waals surface area contributed by atoms with Crippen molar-refractivity contribution in [3.05, 3.63) is 46.4 Å². The molecule has 77 heavy (non-hydrogen) atoms. The molecule has 3 rings (SSSR count). The van der Waals surface area contributed by atoms with E-state index in [9.17, 15) is 0 Å². The van der Waals surface area contributed by atoms with Crippen LogP contribution in [0, 0.1) is 11.3 Å². The fourth-order valence-electron chi connectivity index (χ4n) is 2.52. The van der Waals surface area contributed by atoms with E-state index in [0.29, 0.717) is 22.7 Å². The van der Waals surface area contributed by atoms with Crippen LogP contribution >= 0.6 is 742 Å². The van der Waals surface area contributed by atoms with Crippen molar-refractivity contribution in [3.63, 3.8) is 0 Å². The standard InChI is InChI=1S/C8H6BrNO.C8H8N2O2.I54/c1-11-7-2-3-8(9)6(4-7)5-10;1-11-5-2-3-7-6(4-5)8(9)10-12-7;1-29(2)31(5)33(7)35(9)37(11)39(13)41(15)43(17)45(19)47(21)49(23)51(25)53(27)54(28)52(26)50(24)48(22)46(20)44(18)42(16)40(14)38(12)36(10)34(8)32(6)30(3)4/h2-4H,1H3;2-4H,1H3,(H2,9,10);. The van der Waals surface area contributed by atoms with Gasteiger partial charge in [0.1, 0.15) is 17.6 Å². The molecule has 0 bridgehead atoms. The van der Waals surface area contributed by atoms with E-state index in [2.05, 4.69) is 542 Å². The summed E-state index contributed by atoms with van der Waals surface area (Å²) in [4.78, 5) is 0. The van der Waals surface area contributed by atoms with Crippen molar-refractivity contribution in [2.24, 2.45) is 0 Å². The molecule has 0 amide bonds. The molecule has 0 unspecified atom stereocenters. The minimum atomic E-state index is -0.588. The topological polar surface area (TPSA) is 94.3 Å². The van der Waals surface area contributed by atoms with E-state index in [1.54, 1.807) is 50.6 Å². The third-order valence-corrected chi connectivity index (χ3v) is 4140. The van der Waals surface area contributed by atoms with Gasteiger partial charge in [-0.2, -0.15) is 5.26 Å². The molecule has 0 fully saturated rings. The predicted octanol–water partition coefficient (Wildman–Crippen LogP) is 51.6. The van der Waals surface area contributed by atoms with Gasteiger partial charge in [-0.15, -0.1) is 0 Å². The van der Waals surface area contributed by atoms with Crippen molar-refractivity contribution in [2.75, 3.05) is 20.0 Å². The Hall–Kier alpha value is 36.7. The quantitative estimate of drug-likeness (QED) is 0.0764. The van der Waals surface area contributed by atoms with Crippen molar-refractivity contribution in [3.8, 4) is 17.6 Å². The average molecular weight is 7230 g/mol. The number of nitriles is 1. The van der Waals surface area contributed by atoms with Gasteiger partial charge in [0.05, 0.1) is 25.2 Å². The van der Waals surface area contributed by atoms with E-state index >= 15 is 0 Å². The van der Waals surface area contributed by atoms with Crippen LogP contribution in [0.25, 0.3) is 11.0 Å². The molecule has 1 heterocycles. The van der Waals surface area contributed by atoms with Gasteiger partial charge in [-0.1, -0.05) is 5.16 Å². The molecule has 6 nitrogen and oxygen atoms in total. The molecule has 496 valence electrons. The van der Waals surface area contributed by atoms with Crippen LogP contribution in [0.1, 0.15) is 5.56 Å². The van der Waals surface area contributed by atoms with Crippen LogP contribution in [0.3, 0.4) is 0 Å². The summed E-state index contributed by atoms with van der Waals surface area (Å²) < 4.78 is 15.7. The Kier molecular flexibility index (Phi) is 94.8. The number of nitrogen functional groups attached to an aromatic ring is 1. The molecule has 0 atom stereocenters. The number of rotatable bonds is 27. The zero-order chi connectivity index (χ0) is 59.8. The van der Waals surface area contributed by atoms with Gasteiger partial charge in [0.25, 0.3) is 0 Å². The van der Waals surface area contributed by atoms with Crippen molar-refractivity contribution in [1.29, 1.82) is 5.26 Å². The van der Waals surface area contributed by atoms with Gasteiger partial charge in [-0.3, -0.25) is 0 Å². The van der Waals surface area contributed by atoms with Gasteiger partial charge < -0.3 is 19.7 Å². The monoisotopic (exact) mass is 7230 g/mol. The summed E-state index contributed by atoms with van der Waals surface area (Å²) in [5.74, 6) is 1.84. The van der Waals surface area contributed by atoms with Gasteiger partial charge in [-0.25, -0.2) is 0 Å². The van der Waals surface area contributed by atoms with Gasteiger partial charge in [-0.05, 0) is 52.3 Å². The normalized spacial score (nSPS) is 16.1. The summed E-state index contributed by atoms with van der Waals surface area (Å²) in [5.41, 5.74) is 6.80. The number of halogens is 55.